The van der Waals surface area contributed by atoms with Crippen molar-refractivity contribution in [1.82, 2.24) is 0 Å². The Balaban J connectivity index is 2.01. The van der Waals surface area contributed by atoms with E-state index in [4.69, 9.17) is 5.73 Å². The molecule has 1 aliphatic rings. The Morgan fingerprint density at radius 1 is 0.607 bits per heavy atom. The summed E-state index contributed by atoms with van der Waals surface area (Å²) in [6.07, 6.45) is 0. The second-order valence-corrected chi connectivity index (χ2v) is 10.0. The highest BCUT2D eigenvalue weighted by molar-refractivity contribution is 6.09. The molecule has 0 atom stereocenters. The van der Waals surface area contributed by atoms with Crippen LogP contribution in [-0.2, 0) is 17.4 Å². The Kier molecular flexibility index (Phi) is 4.28. The molecule has 1 aliphatic carbocycles. The molecular weight excluding hydrogens is 338 g/mol. The van der Waals surface area contributed by atoms with Crippen LogP contribution in [0.3, 0.4) is 0 Å². The van der Waals surface area contributed by atoms with E-state index in [1.54, 1.807) is 0 Å². The molecule has 2 N–H and O–H groups in total. The molecule has 1 nitrogen and oxygen atoms in total. The Morgan fingerprint density at radius 3 is 1.71 bits per heavy atom. The van der Waals surface area contributed by atoms with Crippen LogP contribution in [0.15, 0.2) is 54.6 Å². The van der Waals surface area contributed by atoms with Crippen LogP contribution < -0.4 is 5.73 Å². The minimum atomic E-state index is 0.0501. The van der Waals surface area contributed by atoms with Gasteiger partial charge < -0.3 is 5.73 Å². The van der Waals surface area contributed by atoms with Crippen LogP contribution in [0.5, 0.6) is 0 Å². The molecule has 3 aromatic rings. The third-order valence-electron chi connectivity index (χ3n) is 5.92. The van der Waals surface area contributed by atoms with Crippen molar-refractivity contribution in [3.8, 4) is 33.4 Å². The van der Waals surface area contributed by atoms with E-state index in [-0.39, 0.29) is 10.8 Å². The average molecular weight is 370 g/mol. The molecule has 0 fully saturated rings. The molecule has 0 bridgehead atoms. The molecule has 0 aliphatic heterocycles. The molecular formula is C27H31N. The number of fused-ring (bicyclic) bond motifs is 4. The largest absolute Gasteiger partial charge is 0.326 e. The molecule has 3 aromatic carbocycles. The van der Waals surface area contributed by atoms with E-state index >= 15 is 0 Å². The molecule has 0 radical (unpaired) electrons. The fourth-order valence-electron chi connectivity index (χ4n) is 4.52. The first-order chi connectivity index (χ1) is 13.1. The molecule has 28 heavy (non-hydrogen) atoms. The van der Waals surface area contributed by atoms with E-state index in [1.807, 2.05) is 0 Å². The fraction of sp³-hybridized carbons (Fsp3) is 0.333. The summed E-state index contributed by atoms with van der Waals surface area (Å²) in [6, 6.07) is 20.2. The van der Waals surface area contributed by atoms with Crippen molar-refractivity contribution in [3.63, 3.8) is 0 Å². The number of hydrogen-bond donors (Lipinski definition) is 1. The van der Waals surface area contributed by atoms with Gasteiger partial charge in [0.2, 0.25) is 0 Å². The lowest BCUT2D eigenvalue weighted by Crippen LogP contribution is -2.21. The molecule has 1 heteroatoms. The van der Waals surface area contributed by atoms with Crippen molar-refractivity contribution in [1.29, 1.82) is 0 Å². The minimum absolute atomic E-state index is 0.0501. The summed E-state index contributed by atoms with van der Waals surface area (Å²) in [5, 5.41) is 0. The van der Waals surface area contributed by atoms with Gasteiger partial charge in [0.15, 0.2) is 0 Å². The lowest BCUT2D eigenvalue weighted by molar-refractivity contribution is 0.564. The van der Waals surface area contributed by atoms with Gasteiger partial charge in [-0.15, -0.1) is 0 Å². The van der Waals surface area contributed by atoms with E-state index in [9.17, 15) is 0 Å². The molecule has 0 aromatic heterocycles. The van der Waals surface area contributed by atoms with Crippen LogP contribution in [0.2, 0.25) is 0 Å². The van der Waals surface area contributed by atoms with Gasteiger partial charge >= 0.3 is 0 Å². The number of hydrogen-bond acceptors (Lipinski definition) is 1. The summed E-state index contributed by atoms with van der Waals surface area (Å²) in [5.74, 6) is 0. The second kappa shape index (κ2) is 6.32. The molecule has 0 saturated carbocycles. The quantitative estimate of drug-likeness (QED) is 0.402. The van der Waals surface area contributed by atoms with Crippen molar-refractivity contribution in [2.45, 2.75) is 58.9 Å². The van der Waals surface area contributed by atoms with Crippen LogP contribution in [0.1, 0.15) is 58.2 Å². The van der Waals surface area contributed by atoms with Crippen LogP contribution in [0, 0.1) is 0 Å². The van der Waals surface area contributed by atoms with Crippen molar-refractivity contribution in [2.24, 2.45) is 5.73 Å². The van der Waals surface area contributed by atoms with E-state index in [0.717, 1.165) is 0 Å². The third-order valence-corrected chi connectivity index (χ3v) is 5.92. The van der Waals surface area contributed by atoms with Gasteiger partial charge in [-0.05, 0) is 67.0 Å². The highest BCUT2D eigenvalue weighted by Crippen LogP contribution is 2.53. The highest BCUT2D eigenvalue weighted by atomic mass is 14.5. The zero-order valence-corrected chi connectivity index (χ0v) is 18.0. The third kappa shape index (κ3) is 2.89. The zero-order chi connectivity index (χ0) is 20.3. The van der Waals surface area contributed by atoms with Crippen LogP contribution >= 0.6 is 0 Å². The Labute approximate surface area is 169 Å². The zero-order valence-electron chi connectivity index (χ0n) is 18.0. The minimum Gasteiger partial charge on any atom is -0.326 e. The molecule has 0 amide bonds. The van der Waals surface area contributed by atoms with Crippen LogP contribution in [0.25, 0.3) is 33.4 Å². The summed E-state index contributed by atoms with van der Waals surface area (Å²) in [7, 11) is 0. The van der Waals surface area contributed by atoms with Crippen molar-refractivity contribution in [3.05, 3.63) is 71.3 Å². The maximum absolute atomic E-state index is 6.21. The average Bonchev–Trinajstić information content (AvgIpc) is 2.62. The van der Waals surface area contributed by atoms with E-state index in [1.165, 1.54) is 50.1 Å². The van der Waals surface area contributed by atoms with Gasteiger partial charge in [-0.1, -0.05) is 90.1 Å². The molecule has 144 valence electrons. The Hall–Kier alpha value is -2.38. The van der Waals surface area contributed by atoms with Gasteiger partial charge in [-0.2, -0.15) is 0 Å². The first-order valence-electron chi connectivity index (χ1n) is 10.2. The summed E-state index contributed by atoms with van der Waals surface area (Å²) in [5.41, 5.74) is 18.5. The van der Waals surface area contributed by atoms with Crippen molar-refractivity contribution < 1.29 is 0 Å². The molecule has 0 heterocycles. The van der Waals surface area contributed by atoms with Gasteiger partial charge in [0, 0.05) is 6.54 Å². The number of nitrogens with two attached hydrogens (primary N) is 1. The summed E-state index contributed by atoms with van der Waals surface area (Å²) in [6.45, 7) is 14.3. The number of rotatable bonds is 2. The maximum atomic E-state index is 6.21. The van der Waals surface area contributed by atoms with Crippen molar-refractivity contribution >= 4 is 0 Å². The lowest BCUT2D eigenvalue weighted by atomic mass is 9.71. The van der Waals surface area contributed by atoms with Gasteiger partial charge in [-0.3, -0.25) is 0 Å². The highest BCUT2D eigenvalue weighted by Gasteiger charge is 2.30. The van der Waals surface area contributed by atoms with E-state index in [0.29, 0.717) is 6.54 Å². The maximum Gasteiger partial charge on any atom is 0.0181 e. The van der Waals surface area contributed by atoms with Gasteiger partial charge in [-0.25, -0.2) is 0 Å². The van der Waals surface area contributed by atoms with Gasteiger partial charge in [0.05, 0.1) is 0 Å². The van der Waals surface area contributed by atoms with Crippen LogP contribution in [-0.4, -0.2) is 0 Å². The standard InChI is InChI=1S/C27H31N/c1-26(2,3)23-15-24(27(4,5)6)22(14-17(23)16-28)21-13-9-12-20-18-10-7-8-11-19(18)25(20)21/h7-15H,16,28H2,1-6H3. The SMILES string of the molecule is CC(C)(C)c1cc(C(C)(C)C)c(-c2cccc3c2-c2ccccc2-3)cc1CN. The van der Waals surface area contributed by atoms with Crippen molar-refractivity contribution in [2.75, 3.05) is 0 Å². The first kappa shape index (κ1) is 19.0. The predicted octanol–water partition coefficient (Wildman–Crippen LogP) is 7.05. The van der Waals surface area contributed by atoms with E-state index in [2.05, 4.69) is 96.1 Å². The van der Waals surface area contributed by atoms with Gasteiger partial charge in [0.25, 0.3) is 0 Å². The summed E-state index contributed by atoms with van der Waals surface area (Å²) >= 11 is 0. The molecule has 0 unspecified atom stereocenters. The summed E-state index contributed by atoms with van der Waals surface area (Å²) < 4.78 is 0. The Bertz CT molecular complexity index is 1060. The fourth-order valence-corrected chi connectivity index (χ4v) is 4.52. The molecule has 0 spiro atoms. The Morgan fingerprint density at radius 2 is 1.14 bits per heavy atom. The normalized spacial score (nSPS) is 13.0. The lowest BCUT2D eigenvalue weighted by Gasteiger charge is -2.32. The van der Waals surface area contributed by atoms with Crippen LogP contribution in [0.4, 0.5) is 0 Å². The van der Waals surface area contributed by atoms with E-state index < -0.39 is 0 Å². The smallest absolute Gasteiger partial charge is 0.0181 e. The number of benzene rings is 3. The first-order valence-corrected chi connectivity index (χ1v) is 10.2. The predicted molar refractivity (Wildman–Crippen MR) is 122 cm³/mol. The van der Waals surface area contributed by atoms with Gasteiger partial charge in [0.1, 0.15) is 0 Å². The topological polar surface area (TPSA) is 26.0 Å². The monoisotopic (exact) mass is 369 g/mol. The molecule has 0 saturated heterocycles. The summed E-state index contributed by atoms with van der Waals surface area (Å²) in [4.78, 5) is 0. The molecule has 4 rings (SSSR count). The second-order valence-electron chi connectivity index (χ2n) is 10.0.